The van der Waals surface area contributed by atoms with Crippen LogP contribution in [0.15, 0.2) is 24.3 Å². The highest BCUT2D eigenvalue weighted by Crippen LogP contribution is 2.17. The monoisotopic (exact) mass is 352 g/mol. The number of ether oxygens (including phenoxy) is 3. The normalized spacial score (nSPS) is 18.3. The summed E-state index contributed by atoms with van der Waals surface area (Å²) in [7, 11) is 1.80. The Bertz CT molecular complexity index is 523. The summed E-state index contributed by atoms with van der Waals surface area (Å²) in [5.41, 5.74) is 0. The SMILES string of the molecule is CCOc1ccc(OCCN2CCOC(CN(C)CC(=O)O)C2)cc1. The van der Waals surface area contributed by atoms with Crippen LogP contribution in [0.4, 0.5) is 0 Å². The van der Waals surface area contributed by atoms with Crippen LogP contribution in [0, 0.1) is 0 Å². The molecule has 1 N–H and O–H groups in total. The average molecular weight is 352 g/mol. The first kappa shape index (κ1) is 19.5. The Labute approximate surface area is 149 Å². The van der Waals surface area contributed by atoms with E-state index >= 15 is 0 Å². The van der Waals surface area contributed by atoms with Crippen molar-refractivity contribution >= 4 is 5.97 Å². The van der Waals surface area contributed by atoms with Crippen molar-refractivity contribution in [3.63, 3.8) is 0 Å². The van der Waals surface area contributed by atoms with Gasteiger partial charge >= 0.3 is 5.97 Å². The fourth-order valence-electron chi connectivity index (χ4n) is 2.83. The molecule has 0 saturated carbocycles. The van der Waals surface area contributed by atoms with Crippen LogP contribution in [0.25, 0.3) is 0 Å². The molecule has 0 spiro atoms. The highest BCUT2D eigenvalue weighted by Gasteiger charge is 2.22. The number of hydrogen-bond acceptors (Lipinski definition) is 6. The summed E-state index contributed by atoms with van der Waals surface area (Å²) in [6.07, 6.45) is 0.0311. The Hall–Kier alpha value is -1.83. The van der Waals surface area contributed by atoms with Gasteiger partial charge in [0.2, 0.25) is 0 Å². The number of benzene rings is 1. The number of carboxylic acids is 1. The Morgan fingerprint density at radius 1 is 1.32 bits per heavy atom. The maximum Gasteiger partial charge on any atom is 0.317 e. The highest BCUT2D eigenvalue weighted by molar-refractivity contribution is 5.69. The molecule has 7 heteroatoms. The maximum absolute atomic E-state index is 10.7. The lowest BCUT2D eigenvalue weighted by atomic mass is 10.2. The van der Waals surface area contributed by atoms with E-state index in [4.69, 9.17) is 19.3 Å². The Kier molecular flexibility index (Phi) is 7.97. The van der Waals surface area contributed by atoms with Gasteiger partial charge in [-0.1, -0.05) is 0 Å². The van der Waals surface area contributed by atoms with Crippen molar-refractivity contribution in [1.29, 1.82) is 0 Å². The summed E-state index contributed by atoms with van der Waals surface area (Å²) in [5.74, 6) is 0.852. The smallest absolute Gasteiger partial charge is 0.317 e. The van der Waals surface area contributed by atoms with Gasteiger partial charge in [-0.3, -0.25) is 14.6 Å². The lowest BCUT2D eigenvalue weighted by Gasteiger charge is -2.34. The molecule has 0 aromatic heterocycles. The quantitative estimate of drug-likeness (QED) is 0.678. The number of likely N-dealkylation sites (N-methyl/N-ethyl adjacent to an activating group) is 1. The largest absolute Gasteiger partial charge is 0.494 e. The number of carbonyl (C=O) groups is 1. The van der Waals surface area contributed by atoms with Crippen molar-refractivity contribution in [3.05, 3.63) is 24.3 Å². The molecule has 1 aromatic carbocycles. The predicted molar refractivity (Wildman–Crippen MR) is 94.4 cm³/mol. The number of nitrogens with zero attached hydrogens (tertiary/aromatic N) is 2. The van der Waals surface area contributed by atoms with E-state index in [1.165, 1.54) is 0 Å². The van der Waals surface area contributed by atoms with E-state index in [0.717, 1.165) is 31.1 Å². The molecule has 7 nitrogen and oxygen atoms in total. The van der Waals surface area contributed by atoms with Crippen LogP contribution in [-0.4, -0.2) is 86.6 Å². The molecule has 140 valence electrons. The minimum atomic E-state index is -0.820. The number of aliphatic carboxylic acids is 1. The summed E-state index contributed by atoms with van der Waals surface area (Å²) in [6, 6.07) is 7.63. The molecule has 1 unspecified atom stereocenters. The molecule has 1 heterocycles. The van der Waals surface area contributed by atoms with E-state index in [9.17, 15) is 4.79 Å². The summed E-state index contributed by atoms with van der Waals surface area (Å²) < 4.78 is 16.9. The lowest BCUT2D eigenvalue weighted by Crippen LogP contribution is -2.48. The average Bonchev–Trinajstić information content (AvgIpc) is 2.56. The van der Waals surface area contributed by atoms with E-state index in [1.54, 1.807) is 11.9 Å². The molecule has 1 saturated heterocycles. The van der Waals surface area contributed by atoms with Gasteiger partial charge < -0.3 is 19.3 Å². The standard InChI is InChI=1S/C18H28N2O5/c1-3-23-15-4-6-16(7-5-15)24-10-8-20-9-11-25-17(13-20)12-19(2)14-18(21)22/h4-7,17H,3,8-14H2,1-2H3,(H,21,22). The first-order valence-electron chi connectivity index (χ1n) is 8.66. The van der Waals surface area contributed by atoms with Gasteiger partial charge in [0.15, 0.2) is 0 Å². The lowest BCUT2D eigenvalue weighted by molar-refractivity contribution is -0.138. The number of rotatable bonds is 10. The Morgan fingerprint density at radius 3 is 2.64 bits per heavy atom. The molecule has 0 amide bonds. The molecule has 1 aromatic rings. The zero-order valence-electron chi connectivity index (χ0n) is 15.0. The van der Waals surface area contributed by atoms with E-state index in [2.05, 4.69) is 4.90 Å². The molecule has 2 rings (SSSR count). The predicted octanol–water partition coefficient (Wildman–Crippen LogP) is 1.18. The van der Waals surface area contributed by atoms with Crippen molar-refractivity contribution in [2.75, 3.05) is 59.6 Å². The molecule has 1 aliphatic rings. The second-order valence-corrected chi connectivity index (χ2v) is 6.14. The molecule has 1 atom stereocenters. The number of carboxylic acid groups (broad SMARTS) is 1. The third-order valence-corrected chi connectivity index (χ3v) is 3.95. The van der Waals surface area contributed by atoms with Crippen LogP contribution in [-0.2, 0) is 9.53 Å². The molecule has 25 heavy (non-hydrogen) atoms. The molecule has 0 aliphatic carbocycles. The van der Waals surface area contributed by atoms with E-state index < -0.39 is 5.97 Å². The zero-order chi connectivity index (χ0) is 18.1. The van der Waals surface area contributed by atoms with Gasteiger partial charge in [0.05, 0.1) is 25.9 Å². The fourth-order valence-corrected chi connectivity index (χ4v) is 2.83. The van der Waals surface area contributed by atoms with Crippen LogP contribution >= 0.6 is 0 Å². The molecule has 0 bridgehead atoms. The van der Waals surface area contributed by atoms with E-state index in [1.807, 2.05) is 31.2 Å². The molecule has 0 radical (unpaired) electrons. The first-order chi connectivity index (χ1) is 12.1. The van der Waals surface area contributed by atoms with Crippen molar-refractivity contribution in [1.82, 2.24) is 9.80 Å². The van der Waals surface area contributed by atoms with Crippen LogP contribution in [0.1, 0.15) is 6.92 Å². The second-order valence-electron chi connectivity index (χ2n) is 6.14. The summed E-state index contributed by atoms with van der Waals surface area (Å²) in [6.45, 7) is 6.99. The summed E-state index contributed by atoms with van der Waals surface area (Å²) in [5, 5.41) is 8.82. The molecular formula is C18H28N2O5. The molecule has 1 aliphatic heterocycles. The van der Waals surface area contributed by atoms with Crippen LogP contribution in [0.3, 0.4) is 0 Å². The number of morpholine rings is 1. The van der Waals surface area contributed by atoms with Crippen molar-refractivity contribution in [3.8, 4) is 11.5 Å². The summed E-state index contributed by atoms with van der Waals surface area (Å²) >= 11 is 0. The third kappa shape index (κ3) is 7.29. The van der Waals surface area contributed by atoms with Crippen molar-refractivity contribution < 1.29 is 24.1 Å². The minimum absolute atomic E-state index is 0.0285. The molecule has 1 fully saturated rings. The van der Waals surface area contributed by atoms with Gasteiger partial charge in [-0.2, -0.15) is 0 Å². The van der Waals surface area contributed by atoms with E-state index in [-0.39, 0.29) is 12.6 Å². The van der Waals surface area contributed by atoms with Gasteiger partial charge in [0.1, 0.15) is 18.1 Å². The van der Waals surface area contributed by atoms with Gasteiger partial charge in [-0.15, -0.1) is 0 Å². The van der Waals surface area contributed by atoms with Gasteiger partial charge in [0, 0.05) is 26.2 Å². The summed E-state index contributed by atoms with van der Waals surface area (Å²) in [4.78, 5) is 14.8. The third-order valence-electron chi connectivity index (χ3n) is 3.95. The first-order valence-corrected chi connectivity index (χ1v) is 8.66. The minimum Gasteiger partial charge on any atom is -0.494 e. The van der Waals surface area contributed by atoms with Crippen molar-refractivity contribution in [2.45, 2.75) is 13.0 Å². The Morgan fingerprint density at radius 2 is 2.00 bits per heavy atom. The zero-order valence-corrected chi connectivity index (χ0v) is 15.0. The van der Waals surface area contributed by atoms with Crippen LogP contribution in [0.2, 0.25) is 0 Å². The Balaban J connectivity index is 1.68. The maximum atomic E-state index is 10.7. The second kappa shape index (κ2) is 10.2. The van der Waals surface area contributed by atoms with Gasteiger partial charge in [-0.25, -0.2) is 0 Å². The van der Waals surface area contributed by atoms with Gasteiger partial charge in [-0.05, 0) is 38.2 Å². The van der Waals surface area contributed by atoms with Gasteiger partial charge in [0.25, 0.3) is 0 Å². The van der Waals surface area contributed by atoms with Crippen LogP contribution < -0.4 is 9.47 Å². The number of hydrogen-bond donors (Lipinski definition) is 1. The van der Waals surface area contributed by atoms with E-state index in [0.29, 0.717) is 26.4 Å². The fraction of sp³-hybridized carbons (Fsp3) is 0.611. The van der Waals surface area contributed by atoms with Crippen LogP contribution in [0.5, 0.6) is 11.5 Å². The highest BCUT2D eigenvalue weighted by atomic mass is 16.5. The van der Waals surface area contributed by atoms with Crippen molar-refractivity contribution in [2.24, 2.45) is 0 Å². The molecular weight excluding hydrogens is 324 g/mol. The topological polar surface area (TPSA) is 71.5 Å².